The van der Waals surface area contributed by atoms with Gasteiger partial charge in [0.25, 0.3) is 0 Å². The predicted octanol–water partition coefficient (Wildman–Crippen LogP) is 1.44. The summed E-state index contributed by atoms with van der Waals surface area (Å²) in [6, 6.07) is 8.12. The summed E-state index contributed by atoms with van der Waals surface area (Å²) in [5, 5.41) is 0. The predicted molar refractivity (Wildman–Crippen MR) is 74.9 cm³/mol. The fraction of sp³-hybridized carbons (Fsp3) is 0.500. The second-order valence-corrected chi connectivity index (χ2v) is 4.68. The summed E-state index contributed by atoms with van der Waals surface area (Å²) < 4.78 is 5.72. The quantitative estimate of drug-likeness (QED) is 0.365. The number of hydrogen-bond donors (Lipinski definition) is 2. The molecule has 1 aliphatic heterocycles. The molecule has 1 aliphatic rings. The first-order valence-corrected chi connectivity index (χ1v) is 6.77. The highest BCUT2D eigenvalue weighted by Gasteiger charge is 2.15. The Morgan fingerprint density at radius 2 is 2.21 bits per heavy atom. The Labute approximate surface area is 113 Å². The van der Waals surface area contributed by atoms with Crippen molar-refractivity contribution in [3.63, 3.8) is 0 Å². The molecular weight excluding hydrogens is 242 g/mol. The van der Waals surface area contributed by atoms with Crippen molar-refractivity contribution in [2.45, 2.75) is 25.7 Å². The number of fused-ring (bicyclic) bond motifs is 1. The van der Waals surface area contributed by atoms with Crippen LogP contribution >= 0.6 is 0 Å². The lowest BCUT2D eigenvalue weighted by Gasteiger charge is -2.23. The third-order valence-electron chi connectivity index (χ3n) is 3.28. The van der Waals surface area contributed by atoms with Gasteiger partial charge < -0.3 is 9.64 Å². The third kappa shape index (κ3) is 3.86. The molecule has 0 saturated heterocycles. The monoisotopic (exact) mass is 263 g/mol. The highest BCUT2D eigenvalue weighted by atomic mass is 16.5. The molecule has 1 aromatic rings. The molecule has 5 heteroatoms. The molecule has 0 atom stereocenters. The summed E-state index contributed by atoms with van der Waals surface area (Å²) in [5.41, 5.74) is 3.31. The average Bonchev–Trinajstić information content (AvgIpc) is 2.66. The number of amides is 1. The average molecular weight is 263 g/mol. The number of unbranched alkanes of at least 4 members (excludes halogenated alkanes) is 1. The lowest BCUT2D eigenvalue weighted by Crippen LogP contribution is -2.30. The number of carbonyl (C=O) groups is 1. The molecule has 2 rings (SSSR count). The van der Waals surface area contributed by atoms with Crippen LogP contribution in [0.4, 0.5) is 5.69 Å². The molecule has 0 saturated carbocycles. The molecule has 3 N–H and O–H groups in total. The van der Waals surface area contributed by atoms with E-state index in [2.05, 4.69) is 16.4 Å². The van der Waals surface area contributed by atoms with Crippen molar-refractivity contribution in [2.24, 2.45) is 5.84 Å². The minimum absolute atomic E-state index is 0.0976. The van der Waals surface area contributed by atoms with Crippen molar-refractivity contribution < 1.29 is 9.53 Å². The van der Waals surface area contributed by atoms with Gasteiger partial charge in [-0.05, 0) is 31.4 Å². The summed E-state index contributed by atoms with van der Waals surface area (Å²) in [5.74, 6) is 5.91. The van der Waals surface area contributed by atoms with Gasteiger partial charge in [0.2, 0.25) is 5.91 Å². The number of nitrogens with zero attached hydrogens (tertiary/aromatic N) is 1. The van der Waals surface area contributed by atoms with Gasteiger partial charge in [0.05, 0.1) is 12.3 Å². The van der Waals surface area contributed by atoms with Crippen molar-refractivity contribution in [3.05, 3.63) is 24.3 Å². The number of ether oxygens (including phenoxy) is 1. The van der Waals surface area contributed by atoms with E-state index in [9.17, 15) is 4.79 Å². The normalized spacial score (nSPS) is 14.3. The van der Waals surface area contributed by atoms with E-state index >= 15 is 0 Å². The molecule has 0 aliphatic carbocycles. The van der Waals surface area contributed by atoms with Gasteiger partial charge >= 0.3 is 0 Å². The maximum absolute atomic E-state index is 11.0. The van der Waals surface area contributed by atoms with Crippen LogP contribution in [0, 0.1) is 0 Å². The number of benzene rings is 1. The number of nitrogens with two attached hydrogens (primary N) is 1. The van der Waals surface area contributed by atoms with Crippen molar-refractivity contribution >= 4 is 11.6 Å². The van der Waals surface area contributed by atoms with Crippen LogP contribution in [0.25, 0.3) is 0 Å². The Morgan fingerprint density at radius 3 is 3.05 bits per heavy atom. The molecule has 5 nitrogen and oxygen atoms in total. The lowest BCUT2D eigenvalue weighted by molar-refractivity contribution is -0.121. The summed E-state index contributed by atoms with van der Waals surface area (Å²) in [4.78, 5) is 13.4. The van der Waals surface area contributed by atoms with Gasteiger partial charge in [-0.25, -0.2) is 5.84 Å². The van der Waals surface area contributed by atoms with Crippen molar-refractivity contribution in [1.29, 1.82) is 0 Å². The minimum atomic E-state index is -0.0976. The Morgan fingerprint density at radius 1 is 1.37 bits per heavy atom. The molecule has 1 heterocycles. The molecule has 1 aromatic carbocycles. The van der Waals surface area contributed by atoms with E-state index in [0.717, 1.165) is 50.4 Å². The molecule has 104 valence electrons. The SMILES string of the molecule is NNC(=O)CCCCN1CCCOc2ccccc21. The van der Waals surface area contributed by atoms with Crippen LogP contribution in [0.1, 0.15) is 25.7 Å². The number of hydrogen-bond acceptors (Lipinski definition) is 4. The standard InChI is InChI=1S/C14H21N3O2/c15-16-14(18)8-3-4-9-17-10-5-11-19-13-7-2-1-6-12(13)17/h1-2,6-7H,3-5,8-11,15H2,(H,16,18). The van der Waals surface area contributed by atoms with Crippen LogP contribution in [-0.4, -0.2) is 25.6 Å². The molecule has 19 heavy (non-hydrogen) atoms. The van der Waals surface area contributed by atoms with E-state index in [1.165, 1.54) is 0 Å². The van der Waals surface area contributed by atoms with Crippen molar-refractivity contribution in [3.8, 4) is 5.75 Å². The van der Waals surface area contributed by atoms with Crippen LogP contribution < -0.4 is 20.9 Å². The number of para-hydroxylation sites is 2. The van der Waals surface area contributed by atoms with Crippen LogP contribution in [-0.2, 0) is 4.79 Å². The largest absolute Gasteiger partial charge is 0.491 e. The Kier molecular flexibility index (Phi) is 5.03. The Hall–Kier alpha value is -1.75. The first-order chi connectivity index (χ1) is 9.31. The van der Waals surface area contributed by atoms with Gasteiger partial charge in [-0.1, -0.05) is 12.1 Å². The van der Waals surface area contributed by atoms with Gasteiger partial charge in [0.15, 0.2) is 0 Å². The first kappa shape index (κ1) is 13.7. The molecular formula is C14H21N3O2. The van der Waals surface area contributed by atoms with E-state index in [-0.39, 0.29) is 5.91 Å². The van der Waals surface area contributed by atoms with Crippen LogP contribution in [0.2, 0.25) is 0 Å². The molecule has 0 bridgehead atoms. The zero-order chi connectivity index (χ0) is 13.5. The van der Waals surface area contributed by atoms with Gasteiger partial charge in [-0.2, -0.15) is 0 Å². The summed E-state index contributed by atoms with van der Waals surface area (Å²) >= 11 is 0. The van der Waals surface area contributed by atoms with E-state index in [1.54, 1.807) is 0 Å². The van der Waals surface area contributed by atoms with Gasteiger partial charge in [0.1, 0.15) is 5.75 Å². The van der Waals surface area contributed by atoms with Crippen molar-refractivity contribution in [1.82, 2.24) is 5.43 Å². The second kappa shape index (κ2) is 6.99. The van der Waals surface area contributed by atoms with E-state index < -0.39 is 0 Å². The van der Waals surface area contributed by atoms with Gasteiger partial charge in [-0.15, -0.1) is 0 Å². The van der Waals surface area contributed by atoms with Crippen LogP contribution in [0.15, 0.2) is 24.3 Å². The Bertz CT molecular complexity index is 423. The zero-order valence-corrected chi connectivity index (χ0v) is 11.1. The number of hydrazine groups is 1. The Balaban J connectivity index is 1.88. The maximum atomic E-state index is 11.0. The molecule has 0 fully saturated rings. The second-order valence-electron chi connectivity index (χ2n) is 4.68. The summed E-state index contributed by atoms with van der Waals surface area (Å²) in [6.45, 7) is 2.71. The topological polar surface area (TPSA) is 67.6 Å². The molecule has 0 unspecified atom stereocenters. The fourth-order valence-corrected chi connectivity index (χ4v) is 2.29. The maximum Gasteiger partial charge on any atom is 0.233 e. The van der Waals surface area contributed by atoms with Crippen molar-refractivity contribution in [2.75, 3.05) is 24.6 Å². The minimum Gasteiger partial charge on any atom is -0.491 e. The molecule has 0 spiro atoms. The van der Waals surface area contributed by atoms with Crippen LogP contribution in [0.5, 0.6) is 5.75 Å². The van der Waals surface area contributed by atoms with E-state index in [0.29, 0.717) is 6.42 Å². The third-order valence-corrected chi connectivity index (χ3v) is 3.28. The first-order valence-electron chi connectivity index (χ1n) is 6.77. The summed E-state index contributed by atoms with van der Waals surface area (Å²) in [7, 11) is 0. The molecule has 0 radical (unpaired) electrons. The highest BCUT2D eigenvalue weighted by molar-refractivity contribution is 5.75. The van der Waals surface area contributed by atoms with Gasteiger partial charge in [-0.3, -0.25) is 10.2 Å². The number of carbonyl (C=O) groups excluding carboxylic acids is 1. The lowest BCUT2D eigenvalue weighted by atomic mass is 10.2. The highest BCUT2D eigenvalue weighted by Crippen LogP contribution is 2.30. The van der Waals surface area contributed by atoms with E-state index in [4.69, 9.17) is 10.6 Å². The van der Waals surface area contributed by atoms with E-state index in [1.807, 2.05) is 18.2 Å². The number of rotatable bonds is 5. The number of anilines is 1. The smallest absolute Gasteiger partial charge is 0.233 e. The summed E-state index contributed by atoms with van der Waals surface area (Å²) in [6.07, 6.45) is 3.34. The molecule has 1 amide bonds. The molecule has 0 aromatic heterocycles. The zero-order valence-electron chi connectivity index (χ0n) is 11.1. The fourth-order valence-electron chi connectivity index (χ4n) is 2.29. The van der Waals surface area contributed by atoms with Crippen LogP contribution in [0.3, 0.4) is 0 Å². The number of nitrogens with one attached hydrogen (secondary N) is 1. The van der Waals surface area contributed by atoms with Gasteiger partial charge in [0, 0.05) is 19.5 Å².